The highest BCUT2D eigenvalue weighted by Gasteiger charge is 2.30. The van der Waals surface area contributed by atoms with Gasteiger partial charge in [-0.25, -0.2) is 0 Å². The van der Waals surface area contributed by atoms with E-state index in [1.165, 1.54) is 0 Å². The van der Waals surface area contributed by atoms with Crippen LogP contribution in [0.4, 0.5) is 5.69 Å². The lowest BCUT2D eigenvalue weighted by Crippen LogP contribution is -2.42. The Balaban J connectivity index is 2.13. The van der Waals surface area contributed by atoms with Crippen molar-refractivity contribution in [1.82, 2.24) is 0 Å². The molecule has 2 aromatic rings. The number of hydrogen-bond donors (Lipinski definition) is 1. The number of aryl methyl sites for hydroxylation is 1. The summed E-state index contributed by atoms with van der Waals surface area (Å²) in [7, 11) is 0. The number of carbonyl (C=O) groups excluding carboxylic acids is 1. The van der Waals surface area contributed by atoms with Crippen molar-refractivity contribution >= 4 is 34.8 Å². The lowest BCUT2D eigenvalue weighted by atomic mass is 10.1. The van der Waals surface area contributed by atoms with Crippen LogP contribution < -0.4 is 10.1 Å². The monoisotopic (exact) mass is 337 g/mol. The van der Waals surface area contributed by atoms with Gasteiger partial charge in [-0.3, -0.25) is 4.79 Å². The molecule has 2 aromatic carbocycles. The van der Waals surface area contributed by atoms with Crippen LogP contribution in [0.3, 0.4) is 0 Å². The van der Waals surface area contributed by atoms with Gasteiger partial charge in [0.2, 0.25) is 0 Å². The van der Waals surface area contributed by atoms with Gasteiger partial charge in [0, 0.05) is 15.7 Å². The standard InChI is InChI=1S/C17H17Cl2NO2/c1-11-4-5-13(19)10-15(11)20-16(21)17(2,3)22-14-8-6-12(18)7-9-14/h4-10H,1-3H3,(H,20,21). The summed E-state index contributed by atoms with van der Waals surface area (Å²) in [4.78, 5) is 12.5. The molecular formula is C17H17Cl2NO2. The molecule has 0 saturated heterocycles. The first-order valence-corrected chi connectivity index (χ1v) is 7.56. The lowest BCUT2D eigenvalue weighted by molar-refractivity contribution is -0.128. The highest BCUT2D eigenvalue weighted by Crippen LogP contribution is 2.24. The Morgan fingerprint density at radius 3 is 2.27 bits per heavy atom. The molecule has 3 nitrogen and oxygen atoms in total. The fraction of sp³-hybridized carbons (Fsp3) is 0.235. The summed E-state index contributed by atoms with van der Waals surface area (Å²) in [6, 6.07) is 12.2. The first-order valence-electron chi connectivity index (χ1n) is 6.80. The van der Waals surface area contributed by atoms with E-state index in [9.17, 15) is 4.79 Å². The molecule has 22 heavy (non-hydrogen) atoms. The van der Waals surface area contributed by atoms with Gasteiger partial charge in [-0.1, -0.05) is 29.3 Å². The summed E-state index contributed by atoms with van der Waals surface area (Å²) in [5, 5.41) is 4.03. The largest absolute Gasteiger partial charge is 0.478 e. The molecule has 0 saturated carbocycles. The van der Waals surface area contributed by atoms with Crippen molar-refractivity contribution in [2.75, 3.05) is 5.32 Å². The maximum absolute atomic E-state index is 12.5. The molecule has 0 aliphatic rings. The van der Waals surface area contributed by atoms with Crippen LogP contribution in [-0.4, -0.2) is 11.5 Å². The second-order valence-electron chi connectivity index (χ2n) is 5.48. The van der Waals surface area contributed by atoms with Crippen molar-refractivity contribution in [3.8, 4) is 5.75 Å². The fourth-order valence-corrected chi connectivity index (χ4v) is 2.14. The van der Waals surface area contributed by atoms with Crippen LogP contribution in [0.2, 0.25) is 10.0 Å². The summed E-state index contributed by atoms with van der Waals surface area (Å²) >= 11 is 11.8. The smallest absolute Gasteiger partial charge is 0.267 e. The lowest BCUT2D eigenvalue weighted by Gasteiger charge is -2.25. The Kier molecular flexibility index (Phi) is 4.99. The minimum Gasteiger partial charge on any atom is -0.478 e. The second-order valence-corrected chi connectivity index (χ2v) is 6.35. The third-order valence-electron chi connectivity index (χ3n) is 3.18. The molecule has 0 bridgehead atoms. The van der Waals surface area contributed by atoms with Crippen LogP contribution in [0.25, 0.3) is 0 Å². The Labute approximate surface area is 140 Å². The van der Waals surface area contributed by atoms with Crippen molar-refractivity contribution < 1.29 is 9.53 Å². The molecule has 0 aromatic heterocycles. The maximum Gasteiger partial charge on any atom is 0.267 e. The Morgan fingerprint density at radius 1 is 1.05 bits per heavy atom. The summed E-state index contributed by atoms with van der Waals surface area (Å²) < 4.78 is 5.76. The molecule has 0 aliphatic heterocycles. The molecule has 0 fully saturated rings. The molecule has 1 amide bonds. The van der Waals surface area contributed by atoms with E-state index in [1.54, 1.807) is 50.2 Å². The third kappa shape index (κ3) is 4.15. The molecule has 0 aliphatic carbocycles. The van der Waals surface area contributed by atoms with E-state index in [0.717, 1.165) is 5.56 Å². The molecule has 2 rings (SSSR count). The number of benzene rings is 2. The van der Waals surface area contributed by atoms with Gasteiger partial charge in [-0.15, -0.1) is 0 Å². The highest BCUT2D eigenvalue weighted by molar-refractivity contribution is 6.31. The Hall–Kier alpha value is -1.71. The number of anilines is 1. The van der Waals surface area contributed by atoms with E-state index in [-0.39, 0.29) is 5.91 Å². The predicted octanol–water partition coefficient (Wildman–Crippen LogP) is 5.10. The normalized spacial score (nSPS) is 11.1. The van der Waals surface area contributed by atoms with Gasteiger partial charge in [-0.05, 0) is 62.7 Å². The minimum atomic E-state index is -1.04. The van der Waals surface area contributed by atoms with Crippen molar-refractivity contribution in [2.45, 2.75) is 26.4 Å². The van der Waals surface area contributed by atoms with Crippen LogP contribution in [0, 0.1) is 6.92 Å². The second kappa shape index (κ2) is 6.59. The van der Waals surface area contributed by atoms with E-state index in [1.807, 2.05) is 13.0 Å². The van der Waals surface area contributed by atoms with E-state index >= 15 is 0 Å². The molecule has 0 atom stereocenters. The average molecular weight is 338 g/mol. The molecule has 0 unspecified atom stereocenters. The molecule has 0 heterocycles. The molecule has 116 valence electrons. The van der Waals surface area contributed by atoms with Gasteiger partial charge >= 0.3 is 0 Å². The number of halogens is 2. The van der Waals surface area contributed by atoms with Crippen LogP contribution >= 0.6 is 23.2 Å². The number of hydrogen-bond acceptors (Lipinski definition) is 2. The highest BCUT2D eigenvalue weighted by atomic mass is 35.5. The van der Waals surface area contributed by atoms with E-state index in [2.05, 4.69) is 5.32 Å². The fourth-order valence-electron chi connectivity index (χ4n) is 1.85. The molecule has 0 radical (unpaired) electrons. The van der Waals surface area contributed by atoms with E-state index < -0.39 is 5.60 Å². The zero-order valence-corrected chi connectivity index (χ0v) is 14.1. The number of nitrogens with one attached hydrogen (secondary N) is 1. The summed E-state index contributed by atoms with van der Waals surface area (Å²) in [5.74, 6) is 0.320. The van der Waals surface area contributed by atoms with Gasteiger partial charge in [0.1, 0.15) is 5.75 Å². The maximum atomic E-state index is 12.5. The number of carbonyl (C=O) groups is 1. The van der Waals surface area contributed by atoms with Crippen molar-refractivity contribution in [2.24, 2.45) is 0 Å². The Bertz CT molecular complexity index is 682. The molecule has 0 spiro atoms. The van der Waals surface area contributed by atoms with Gasteiger partial charge in [-0.2, -0.15) is 0 Å². The van der Waals surface area contributed by atoms with Crippen molar-refractivity contribution in [1.29, 1.82) is 0 Å². The molecule has 1 N–H and O–H groups in total. The third-order valence-corrected chi connectivity index (χ3v) is 3.67. The topological polar surface area (TPSA) is 38.3 Å². The number of rotatable bonds is 4. The predicted molar refractivity (Wildman–Crippen MR) is 91.0 cm³/mol. The SMILES string of the molecule is Cc1ccc(Cl)cc1NC(=O)C(C)(C)Oc1ccc(Cl)cc1. The zero-order chi connectivity index (χ0) is 16.3. The van der Waals surface area contributed by atoms with Gasteiger partial charge in [0.05, 0.1) is 0 Å². The summed E-state index contributed by atoms with van der Waals surface area (Å²) in [5.41, 5.74) is 0.563. The van der Waals surface area contributed by atoms with Crippen molar-refractivity contribution in [3.63, 3.8) is 0 Å². The van der Waals surface area contributed by atoms with E-state index in [0.29, 0.717) is 21.5 Å². The van der Waals surface area contributed by atoms with E-state index in [4.69, 9.17) is 27.9 Å². The minimum absolute atomic E-state index is 0.257. The first-order chi connectivity index (χ1) is 10.3. The van der Waals surface area contributed by atoms with Gasteiger partial charge in [0.25, 0.3) is 5.91 Å². The molecular weight excluding hydrogens is 321 g/mol. The first kappa shape index (κ1) is 16.7. The summed E-state index contributed by atoms with van der Waals surface area (Å²) in [6.07, 6.45) is 0. The van der Waals surface area contributed by atoms with Crippen LogP contribution in [-0.2, 0) is 4.79 Å². The number of ether oxygens (including phenoxy) is 1. The summed E-state index contributed by atoms with van der Waals surface area (Å²) in [6.45, 7) is 5.31. The van der Waals surface area contributed by atoms with Crippen LogP contribution in [0.5, 0.6) is 5.75 Å². The quantitative estimate of drug-likeness (QED) is 0.842. The Morgan fingerprint density at radius 2 is 1.64 bits per heavy atom. The van der Waals surface area contributed by atoms with Crippen molar-refractivity contribution in [3.05, 3.63) is 58.1 Å². The zero-order valence-electron chi connectivity index (χ0n) is 12.6. The van der Waals surface area contributed by atoms with Crippen LogP contribution in [0.15, 0.2) is 42.5 Å². The average Bonchev–Trinajstić information content (AvgIpc) is 2.45. The molecule has 5 heteroatoms. The van der Waals surface area contributed by atoms with Crippen LogP contribution in [0.1, 0.15) is 19.4 Å². The van der Waals surface area contributed by atoms with Gasteiger partial charge in [0.15, 0.2) is 5.60 Å². The number of amides is 1. The van der Waals surface area contributed by atoms with Gasteiger partial charge < -0.3 is 10.1 Å².